The highest BCUT2D eigenvalue weighted by atomic mass is 16.5. The summed E-state index contributed by atoms with van der Waals surface area (Å²) in [5, 5.41) is 12.9. The number of hydrogen-bond donors (Lipinski definition) is 2. The SMILES string of the molecule is CCOc1cc2c(cc1CNC(C)(CC)CO)OC(C)C2. The maximum absolute atomic E-state index is 9.51. The normalized spacial score (nSPS) is 19.8. The molecule has 4 nitrogen and oxygen atoms in total. The van der Waals surface area contributed by atoms with Gasteiger partial charge in [0, 0.05) is 29.6 Å². The molecule has 0 saturated heterocycles. The maximum atomic E-state index is 9.51. The largest absolute Gasteiger partial charge is 0.494 e. The van der Waals surface area contributed by atoms with Gasteiger partial charge >= 0.3 is 0 Å². The van der Waals surface area contributed by atoms with Crippen molar-refractivity contribution in [2.45, 2.75) is 58.7 Å². The molecule has 1 aliphatic heterocycles. The van der Waals surface area contributed by atoms with Crippen LogP contribution in [0.3, 0.4) is 0 Å². The summed E-state index contributed by atoms with van der Waals surface area (Å²) in [7, 11) is 0. The van der Waals surface area contributed by atoms with E-state index in [0.29, 0.717) is 13.2 Å². The van der Waals surface area contributed by atoms with Crippen molar-refractivity contribution in [2.24, 2.45) is 0 Å². The van der Waals surface area contributed by atoms with Gasteiger partial charge in [0.2, 0.25) is 0 Å². The Kier molecular flexibility index (Phi) is 5.12. The molecule has 21 heavy (non-hydrogen) atoms. The van der Waals surface area contributed by atoms with Crippen molar-refractivity contribution in [2.75, 3.05) is 13.2 Å². The average molecular weight is 293 g/mol. The monoisotopic (exact) mass is 293 g/mol. The smallest absolute Gasteiger partial charge is 0.124 e. The first-order valence-corrected chi connectivity index (χ1v) is 7.82. The van der Waals surface area contributed by atoms with Crippen molar-refractivity contribution in [1.29, 1.82) is 0 Å². The first-order chi connectivity index (χ1) is 10.0. The lowest BCUT2D eigenvalue weighted by molar-refractivity contribution is 0.168. The van der Waals surface area contributed by atoms with E-state index < -0.39 is 0 Å². The molecule has 1 heterocycles. The van der Waals surface area contributed by atoms with Gasteiger partial charge in [-0.3, -0.25) is 0 Å². The van der Waals surface area contributed by atoms with Gasteiger partial charge in [-0.1, -0.05) is 6.92 Å². The molecule has 118 valence electrons. The van der Waals surface area contributed by atoms with Gasteiger partial charge in [0.25, 0.3) is 0 Å². The Hall–Kier alpha value is -1.26. The molecule has 4 heteroatoms. The van der Waals surface area contributed by atoms with Crippen LogP contribution in [0.25, 0.3) is 0 Å². The highest BCUT2D eigenvalue weighted by Gasteiger charge is 2.24. The van der Waals surface area contributed by atoms with Crippen LogP contribution in [0.5, 0.6) is 11.5 Å². The third-order valence-corrected chi connectivity index (χ3v) is 4.21. The van der Waals surface area contributed by atoms with Crippen LogP contribution in [0.15, 0.2) is 12.1 Å². The first kappa shape index (κ1) is 16.1. The van der Waals surface area contributed by atoms with E-state index in [1.165, 1.54) is 5.56 Å². The summed E-state index contributed by atoms with van der Waals surface area (Å²) in [6.45, 7) is 9.59. The predicted molar refractivity (Wildman–Crippen MR) is 84.0 cm³/mol. The Morgan fingerprint density at radius 2 is 2.19 bits per heavy atom. The second-order valence-electron chi connectivity index (χ2n) is 6.06. The second kappa shape index (κ2) is 6.67. The molecule has 1 aliphatic rings. The van der Waals surface area contributed by atoms with Crippen LogP contribution in [0.4, 0.5) is 0 Å². The van der Waals surface area contributed by atoms with Crippen LogP contribution in [0.2, 0.25) is 0 Å². The third-order valence-electron chi connectivity index (χ3n) is 4.21. The average Bonchev–Trinajstić information content (AvgIpc) is 2.84. The molecular weight excluding hydrogens is 266 g/mol. The fourth-order valence-electron chi connectivity index (χ4n) is 2.51. The first-order valence-electron chi connectivity index (χ1n) is 7.82. The maximum Gasteiger partial charge on any atom is 0.124 e. The topological polar surface area (TPSA) is 50.7 Å². The summed E-state index contributed by atoms with van der Waals surface area (Å²) in [5.74, 6) is 1.88. The van der Waals surface area contributed by atoms with Crippen molar-refractivity contribution >= 4 is 0 Å². The second-order valence-corrected chi connectivity index (χ2v) is 6.06. The third kappa shape index (κ3) is 3.69. The van der Waals surface area contributed by atoms with Gasteiger partial charge in [-0.2, -0.15) is 0 Å². The van der Waals surface area contributed by atoms with E-state index in [1.54, 1.807) is 0 Å². The minimum atomic E-state index is -0.267. The van der Waals surface area contributed by atoms with Crippen LogP contribution in [0.1, 0.15) is 45.2 Å². The van der Waals surface area contributed by atoms with Crippen molar-refractivity contribution in [3.63, 3.8) is 0 Å². The molecule has 0 spiro atoms. The number of rotatable bonds is 7. The number of nitrogens with one attached hydrogen (secondary N) is 1. The van der Waals surface area contributed by atoms with E-state index in [1.807, 2.05) is 13.8 Å². The molecule has 2 unspecified atom stereocenters. The zero-order valence-electron chi connectivity index (χ0n) is 13.5. The van der Waals surface area contributed by atoms with Gasteiger partial charge in [-0.25, -0.2) is 0 Å². The van der Waals surface area contributed by atoms with E-state index in [0.717, 1.165) is 29.9 Å². The highest BCUT2D eigenvalue weighted by molar-refractivity contribution is 5.48. The molecule has 1 aromatic rings. The lowest BCUT2D eigenvalue weighted by atomic mass is 9.99. The molecule has 0 aromatic heterocycles. The van der Waals surface area contributed by atoms with Crippen molar-refractivity contribution in [1.82, 2.24) is 5.32 Å². The fourth-order valence-corrected chi connectivity index (χ4v) is 2.51. The molecule has 0 radical (unpaired) electrons. The quantitative estimate of drug-likeness (QED) is 0.811. The van der Waals surface area contributed by atoms with Crippen LogP contribution in [-0.2, 0) is 13.0 Å². The van der Waals surface area contributed by atoms with Crippen LogP contribution >= 0.6 is 0 Å². The fraction of sp³-hybridized carbons (Fsp3) is 0.647. The Bertz CT molecular complexity index is 483. The highest BCUT2D eigenvalue weighted by Crippen LogP contribution is 2.35. The van der Waals surface area contributed by atoms with Gasteiger partial charge in [0.15, 0.2) is 0 Å². The minimum absolute atomic E-state index is 0.117. The molecule has 0 fully saturated rings. The molecule has 1 aromatic carbocycles. The van der Waals surface area contributed by atoms with Crippen molar-refractivity contribution in [3.8, 4) is 11.5 Å². The molecule has 0 amide bonds. The standard InChI is InChI=1S/C17H27NO3/c1-5-17(4,11-19)18-10-14-9-16-13(7-12(3)21-16)8-15(14)20-6-2/h8-9,12,18-19H,5-7,10-11H2,1-4H3. The van der Waals surface area contributed by atoms with Gasteiger partial charge in [0.05, 0.1) is 13.2 Å². The van der Waals surface area contributed by atoms with Crippen molar-refractivity contribution in [3.05, 3.63) is 23.3 Å². The van der Waals surface area contributed by atoms with Gasteiger partial charge < -0.3 is 19.9 Å². The predicted octanol–water partition coefficient (Wildman–Crippen LogP) is 2.66. The summed E-state index contributed by atoms with van der Waals surface area (Å²) < 4.78 is 11.6. The molecule has 2 rings (SSSR count). The van der Waals surface area contributed by atoms with Gasteiger partial charge in [-0.05, 0) is 39.3 Å². The molecule has 2 atom stereocenters. The minimum Gasteiger partial charge on any atom is -0.494 e. The van der Waals surface area contributed by atoms with E-state index in [2.05, 4.69) is 31.3 Å². The van der Waals surface area contributed by atoms with Crippen LogP contribution in [0, 0.1) is 0 Å². The van der Waals surface area contributed by atoms with E-state index in [9.17, 15) is 5.11 Å². The number of aliphatic hydroxyl groups excluding tert-OH is 1. The molecule has 2 N–H and O–H groups in total. The summed E-state index contributed by atoms with van der Waals surface area (Å²) in [4.78, 5) is 0. The molecule has 0 bridgehead atoms. The number of ether oxygens (including phenoxy) is 2. The lowest BCUT2D eigenvalue weighted by Gasteiger charge is -2.28. The lowest BCUT2D eigenvalue weighted by Crippen LogP contribution is -2.44. The van der Waals surface area contributed by atoms with E-state index >= 15 is 0 Å². The Morgan fingerprint density at radius 1 is 1.43 bits per heavy atom. The Balaban J connectivity index is 2.20. The van der Waals surface area contributed by atoms with E-state index in [-0.39, 0.29) is 18.2 Å². The van der Waals surface area contributed by atoms with Crippen LogP contribution < -0.4 is 14.8 Å². The summed E-state index contributed by atoms with van der Waals surface area (Å²) in [6, 6.07) is 4.17. The zero-order valence-corrected chi connectivity index (χ0v) is 13.5. The van der Waals surface area contributed by atoms with Gasteiger partial charge in [-0.15, -0.1) is 0 Å². The van der Waals surface area contributed by atoms with Gasteiger partial charge in [0.1, 0.15) is 17.6 Å². The molecule has 0 saturated carbocycles. The number of aliphatic hydroxyl groups is 1. The van der Waals surface area contributed by atoms with Crippen LogP contribution in [-0.4, -0.2) is 30.0 Å². The molecular formula is C17H27NO3. The summed E-state index contributed by atoms with van der Waals surface area (Å²) in [5.41, 5.74) is 2.03. The summed E-state index contributed by atoms with van der Waals surface area (Å²) in [6.07, 6.45) is 2.04. The summed E-state index contributed by atoms with van der Waals surface area (Å²) >= 11 is 0. The zero-order chi connectivity index (χ0) is 15.5. The number of fused-ring (bicyclic) bond motifs is 1. The van der Waals surface area contributed by atoms with E-state index in [4.69, 9.17) is 9.47 Å². The van der Waals surface area contributed by atoms with Crippen molar-refractivity contribution < 1.29 is 14.6 Å². The number of hydrogen-bond acceptors (Lipinski definition) is 4. The Morgan fingerprint density at radius 3 is 2.81 bits per heavy atom. The Labute approximate surface area is 127 Å². The molecule has 0 aliphatic carbocycles. The number of benzene rings is 1.